The minimum absolute atomic E-state index is 0.277. The van der Waals surface area contributed by atoms with E-state index < -0.39 is 5.97 Å². The number of rotatable bonds is 7. The molecule has 0 fully saturated rings. The van der Waals surface area contributed by atoms with Gasteiger partial charge in [0.25, 0.3) is 0 Å². The summed E-state index contributed by atoms with van der Waals surface area (Å²) >= 11 is 0. The lowest BCUT2D eigenvalue weighted by Gasteiger charge is -2.04. The van der Waals surface area contributed by atoms with Crippen LogP contribution in [-0.4, -0.2) is 15.6 Å². The van der Waals surface area contributed by atoms with Crippen molar-refractivity contribution in [3.63, 3.8) is 0 Å². The van der Waals surface area contributed by atoms with Crippen molar-refractivity contribution < 1.29 is 9.90 Å². The van der Waals surface area contributed by atoms with Crippen LogP contribution >= 0.6 is 0 Å². The summed E-state index contributed by atoms with van der Waals surface area (Å²) in [5, 5.41) is 17.2. The van der Waals surface area contributed by atoms with E-state index in [1.807, 2.05) is 30.5 Å². The minimum atomic E-state index is -1.21. The molecular formula is C16H18N2O2. The molecule has 104 valence electrons. The van der Waals surface area contributed by atoms with Crippen LogP contribution in [-0.2, 0) is 11.3 Å². The third-order valence-electron chi connectivity index (χ3n) is 2.72. The number of carbonyl (C=O) groups is 1. The maximum Gasteiger partial charge on any atom is 0.346 e. The fraction of sp³-hybridized carbons (Fsp3) is 0.250. The van der Waals surface area contributed by atoms with Gasteiger partial charge in [0.1, 0.15) is 11.6 Å². The number of hydrogen-bond donors (Lipinski definition) is 1. The molecule has 0 atom stereocenters. The van der Waals surface area contributed by atoms with Gasteiger partial charge in [-0.05, 0) is 30.7 Å². The summed E-state index contributed by atoms with van der Waals surface area (Å²) in [5.74, 6) is -1.21. The van der Waals surface area contributed by atoms with Crippen molar-refractivity contribution in [2.24, 2.45) is 0 Å². The van der Waals surface area contributed by atoms with Crippen LogP contribution in [0.25, 0.3) is 6.08 Å². The fourth-order valence-corrected chi connectivity index (χ4v) is 1.64. The Kier molecular flexibility index (Phi) is 6.63. The Hall–Kier alpha value is -2.54. The lowest BCUT2D eigenvalue weighted by Crippen LogP contribution is -1.97. The van der Waals surface area contributed by atoms with E-state index in [4.69, 9.17) is 10.4 Å². The minimum Gasteiger partial charge on any atom is -0.477 e. The van der Waals surface area contributed by atoms with Crippen molar-refractivity contribution in [2.75, 3.05) is 0 Å². The second-order valence-electron chi connectivity index (χ2n) is 4.22. The van der Waals surface area contributed by atoms with E-state index in [1.165, 1.54) is 6.08 Å². The van der Waals surface area contributed by atoms with Gasteiger partial charge in [-0.25, -0.2) is 4.79 Å². The van der Waals surface area contributed by atoms with Gasteiger partial charge < -0.3 is 9.67 Å². The van der Waals surface area contributed by atoms with E-state index in [0.717, 1.165) is 25.1 Å². The number of aromatic nitrogens is 1. The van der Waals surface area contributed by atoms with Gasteiger partial charge in [0.2, 0.25) is 0 Å². The van der Waals surface area contributed by atoms with Crippen molar-refractivity contribution in [2.45, 2.75) is 26.3 Å². The second-order valence-corrected chi connectivity index (χ2v) is 4.22. The molecule has 0 aliphatic rings. The molecule has 0 aliphatic carbocycles. The van der Waals surface area contributed by atoms with Crippen molar-refractivity contribution >= 4 is 12.0 Å². The van der Waals surface area contributed by atoms with E-state index in [2.05, 4.69) is 11.5 Å². The standard InChI is InChI=1S/C16H18N2O2/c1-2-3-11-18-12-7-10-15(18)9-6-4-5-8-14(13-17)16(19)20/h4-10,12H,2-3,11H2,1H3,(H,19,20)/b5-4+,9-6+,14-8+. The molecule has 4 heteroatoms. The molecule has 20 heavy (non-hydrogen) atoms. The Labute approximate surface area is 119 Å². The van der Waals surface area contributed by atoms with E-state index in [-0.39, 0.29) is 5.57 Å². The van der Waals surface area contributed by atoms with E-state index in [1.54, 1.807) is 18.2 Å². The third kappa shape index (κ3) is 4.99. The van der Waals surface area contributed by atoms with Crippen LogP contribution in [0.3, 0.4) is 0 Å². The Morgan fingerprint density at radius 2 is 2.25 bits per heavy atom. The molecule has 0 spiro atoms. The summed E-state index contributed by atoms with van der Waals surface area (Å²) in [4.78, 5) is 10.6. The Bertz CT molecular complexity index is 572. The highest BCUT2D eigenvalue weighted by atomic mass is 16.4. The van der Waals surface area contributed by atoms with Gasteiger partial charge in [-0.3, -0.25) is 0 Å². The molecule has 0 unspecified atom stereocenters. The summed E-state index contributed by atoms with van der Waals surface area (Å²) in [5.41, 5.74) is 0.826. The highest BCUT2D eigenvalue weighted by Gasteiger charge is 2.02. The third-order valence-corrected chi connectivity index (χ3v) is 2.72. The molecule has 0 saturated heterocycles. The number of nitriles is 1. The monoisotopic (exact) mass is 270 g/mol. The topological polar surface area (TPSA) is 66.0 Å². The maximum atomic E-state index is 10.6. The first-order valence-corrected chi connectivity index (χ1v) is 6.52. The zero-order valence-electron chi connectivity index (χ0n) is 11.5. The lowest BCUT2D eigenvalue weighted by atomic mass is 10.2. The number of carboxylic acids is 1. The zero-order valence-corrected chi connectivity index (χ0v) is 11.5. The molecule has 1 heterocycles. The summed E-state index contributed by atoms with van der Waals surface area (Å²) < 4.78 is 2.17. The number of aliphatic carboxylic acids is 1. The van der Waals surface area contributed by atoms with E-state index in [0.29, 0.717) is 0 Å². The summed E-state index contributed by atoms with van der Waals surface area (Å²) in [6.07, 6.45) is 12.6. The summed E-state index contributed by atoms with van der Waals surface area (Å²) in [6, 6.07) is 5.64. The molecule has 0 radical (unpaired) electrons. The van der Waals surface area contributed by atoms with Crippen LogP contribution in [0.4, 0.5) is 0 Å². The predicted molar refractivity (Wildman–Crippen MR) is 78.8 cm³/mol. The normalized spacial score (nSPS) is 12.1. The molecule has 4 nitrogen and oxygen atoms in total. The smallest absolute Gasteiger partial charge is 0.346 e. The van der Waals surface area contributed by atoms with Crippen LogP contribution in [0, 0.1) is 11.3 Å². The van der Waals surface area contributed by atoms with Gasteiger partial charge >= 0.3 is 5.97 Å². The Morgan fingerprint density at radius 3 is 2.90 bits per heavy atom. The molecule has 1 rings (SSSR count). The lowest BCUT2D eigenvalue weighted by molar-refractivity contribution is -0.132. The van der Waals surface area contributed by atoms with Crippen molar-refractivity contribution in [3.05, 3.63) is 53.9 Å². The summed E-state index contributed by atoms with van der Waals surface area (Å²) in [6.45, 7) is 3.15. The second kappa shape index (κ2) is 8.54. The van der Waals surface area contributed by atoms with Gasteiger partial charge in [0.05, 0.1) is 0 Å². The van der Waals surface area contributed by atoms with Crippen molar-refractivity contribution in [1.82, 2.24) is 4.57 Å². The molecule has 0 aromatic carbocycles. The molecule has 0 saturated carbocycles. The number of unbranched alkanes of at least 4 members (excludes halogenated alkanes) is 1. The van der Waals surface area contributed by atoms with Crippen LogP contribution in [0.5, 0.6) is 0 Å². The molecule has 1 aromatic rings. The molecule has 1 aromatic heterocycles. The highest BCUT2D eigenvalue weighted by Crippen LogP contribution is 2.07. The fourth-order valence-electron chi connectivity index (χ4n) is 1.64. The van der Waals surface area contributed by atoms with Crippen LogP contribution in [0.1, 0.15) is 25.5 Å². The maximum absolute atomic E-state index is 10.6. The molecular weight excluding hydrogens is 252 g/mol. The van der Waals surface area contributed by atoms with Gasteiger partial charge in [0.15, 0.2) is 0 Å². The molecule has 0 amide bonds. The van der Waals surface area contributed by atoms with Gasteiger partial charge in [0, 0.05) is 18.4 Å². The number of nitrogens with zero attached hydrogens (tertiary/aromatic N) is 2. The van der Waals surface area contributed by atoms with Gasteiger partial charge in [-0.1, -0.05) is 31.6 Å². The quantitative estimate of drug-likeness (QED) is 0.469. The molecule has 0 aliphatic heterocycles. The van der Waals surface area contributed by atoms with Crippen LogP contribution in [0.2, 0.25) is 0 Å². The first kappa shape index (κ1) is 15.5. The summed E-state index contributed by atoms with van der Waals surface area (Å²) in [7, 11) is 0. The number of aryl methyl sites for hydroxylation is 1. The van der Waals surface area contributed by atoms with Crippen molar-refractivity contribution in [1.29, 1.82) is 5.26 Å². The number of carboxylic acid groups (broad SMARTS) is 1. The Morgan fingerprint density at radius 1 is 1.45 bits per heavy atom. The average Bonchev–Trinajstić information content (AvgIpc) is 2.87. The van der Waals surface area contributed by atoms with E-state index in [9.17, 15) is 4.79 Å². The first-order chi connectivity index (χ1) is 9.69. The highest BCUT2D eigenvalue weighted by molar-refractivity contribution is 5.91. The first-order valence-electron chi connectivity index (χ1n) is 6.52. The van der Waals surface area contributed by atoms with Crippen LogP contribution in [0.15, 0.2) is 48.2 Å². The molecule has 0 bridgehead atoms. The number of hydrogen-bond acceptors (Lipinski definition) is 2. The van der Waals surface area contributed by atoms with E-state index >= 15 is 0 Å². The molecule has 1 N–H and O–H groups in total. The zero-order chi connectivity index (χ0) is 14.8. The predicted octanol–water partition coefficient (Wildman–Crippen LogP) is 3.39. The van der Waals surface area contributed by atoms with Gasteiger partial charge in [-0.15, -0.1) is 0 Å². The largest absolute Gasteiger partial charge is 0.477 e. The SMILES string of the molecule is CCCCn1cccc1/C=C/C=C/C=C(\C#N)C(=O)O. The average molecular weight is 270 g/mol. The van der Waals surface area contributed by atoms with Gasteiger partial charge in [-0.2, -0.15) is 5.26 Å². The van der Waals surface area contributed by atoms with Crippen LogP contribution < -0.4 is 0 Å². The van der Waals surface area contributed by atoms with Crippen molar-refractivity contribution in [3.8, 4) is 6.07 Å². The number of allylic oxidation sites excluding steroid dienone is 4. The Balaban J connectivity index is 2.64.